The average molecular weight is 397 g/mol. The number of halogens is 1. The van der Waals surface area contributed by atoms with Crippen molar-refractivity contribution in [2.75, 3.05) is 0 Å². The molecule has 0 fully saturated rings. The zero-order valence-electron chi connectivity index (χ0n) is 14.9. The molecule has 1 aromatic heterocycles. The van der Waals surface area contributed by atoms with Crippen molar-refractivity contribution in [3.05, 3.63) is 64.3 Å². The number of nitrogens with zero attached hydrogens (tertiary/aromatic N) is 2. The normalized spacial score (nSPS) is 12.6. The average Bonchev–Trinajstić information content (AvgIpc) is 3.14. The molecule has 7 heteroatoms. The van der Waals surface area contributed by atoms with Crippen molar-refractivity contribution >= 4 is 17.6 Å². The lowest BCUT2D eigenvalue weighted by Gasteiger charge is -2.12. The standard InChI is InChI=1S/C21H17ClN2O4/c22-16-11-13(6-9-18(16)25)20-23-17-3-1-2-15(17)21(24-20)28-14-7-4-12(5-8-14)10-19(26)27/h4-9,11,25H,1-3,10H2,(H,26,27). The second-order valence-electron chi connectivity index (χ2n) is 6.61. The lowest BCUT2D eigenvalue weighted by atomic mass is 10.1. The maximum absolute atomic E-state index is 10.8. The van der Waals surface area contributed by atoms with Gasteiger partial charge in [0.05, 0.1) is 17.1 Å². The molecule has 2 aromatic carbocycles. The molecule has 0 spiro atoms. The van der Waals surface area contributed by atoms with Gasteiger partial charge in [-0.2, -0.15) is 4.98 Å². The first kappa shape index (κ1) is 18.3. The highest BCUT2D eigenvalue weighted by atomic mass is 35.5. The number of aromatic hydroxyl groups is 1. The number of carboxylic acids is 1. The van der Waals surface area contributed by atoms with E-state index in [0.29, 0.717) is 28.6 Å². The Bertz CT molecular complexity index is 1050. The van der Waals surface area contributed by atoms with E-state index in [-0.39, 0.29) is 17.2 Å². The van der Waals surface area contributed by atoms with E-state index in [1.165, 1.54) is 6.07 Å². The van der Waals surface area contributed by atoms with Crippen molar-refractivity contribution in [3.8, 4) is 28.8 Å². The SMILES string of the molecule is O=C(O)Cc1ccc(Oc2nc(-c3ccc(O)c(Cl)c3)nc3c2CCC3)cc1. The number of fused-ring (bicyclic) bond motifs is 1. The van der Waals surface area contributed by atoms with Gasteiger partial charge in [0.25, 0.3) is 0 Å². The molecule has 0 amide bonds. The molecular weight excluding hydrogens is 380 g/mol. The van der Waals surface area contributed by atoms with Crippen LogP contribution in [0.25, 0.3) is 11.4 Å². The van der Waals surface area contributed by atoms with E-state index in [1.807, 2.05) is 0 Å². The van der Waals surface area contributed by atoms with Crippen LogP contribution in [0.1, 0.15) is 23.2 Å². The molecule has 2 N–H and O–H groups in total. The number of aliphatic carboxylic acids is 1. The topological polar surface area (TPSA) is 92.5 Å². The monoisotopic (exact) mass is 396 g/mol. The number of hydrogen-bond acceptors (Lipinski definition) is 5. The third kappa shape index (κ3) is 3.77. The maximum Gasteiger partial charge on any atom is 0.307 e. The predicted octanol–water partition coefficient (Wildman–Crippen LogP) is 4.41. The summed E-state index contributed by atoms with van der Waals surface area (Å²) in [6.07, 6.45) is 2.65. The molecule has 1 aliphatic carbocycles. The molecule has 0 radical (unpaired) electrons. The highest BCUT2D eigenvalue weighted by Gasteiger charge is 2.22. The Morgan fingerprint density at radius 2 is 1.89 bits per heavy atom. The molecule has 1 aliphatic rings. The van der Waals surface area contributed by atoms with Gasteiger partial charge >= 0.3 is 5.97 Å². The lowest BCUT2D eigenvalue weighted by Crippen LogP contribution is -2.02. The number of ether oxygens (including phenoxy) is 1. The number of carboxylic acid groups (broad SMARTS) is 1. The number of phenols is 1. The second kappa shape index (κ2) is 7.48. The number of benzene rings is 2. The molecule has 0 saturated carbocycles. The fourth-order valence-electron chi connectivity index (χ4n) is 3.22. The zero-order chi connectivity index (χ0) is 19.7. The van der Waals surface area contributed by atoms with Crippen LogP contribution in [0.3, 0.4) is 0 Å². The van der Waals surface area contributed by atoms with E-state index in [1.54, 1.807) is 36.4 Å². The van der Waals surface area contributed by atoms with Gasteiger partial charge in [-0.1, -0.05) is 23.7 Å². The second-order valence-corrected chi connectivity index (χ2v) is 7.02. The fourth-order valence-corrected chi connectivity index (χ4v) is 3.40. The first-order chi connectivity index (χ1) is 13.5. The summed E-state index contributed by atoms with van der Waals surface area (Å²) in [5.41, 5.74) is 3.33. The van der Waals surface area contributed by atoms with E-state index in [0.717, 1.165) is 30.5 Å². The smallest absolute Gasteiger partial charge is 0.307 e. The molecule has 0 bridgehead atoms. The van der Waals surface area contributed by atoms with Crippen molar-refractivity contribution in [3.63, 3.8) is 0 Å². The molecule has 3 aromatic rings. The minimum atomic E-state index is -0.875. The maximum atomic E-state index is 10.8. The fraction of sp³-hybridized carbons (Fsp3) is 0.190. The number of carbonyl (C=O) groups is 1. The van der Waals surface area contributed by atoms with E-state index in [9.17, 15) is 9.90 Å². The van der Waals surface area contributed by atoms with E-state index >= 15 is 0 Å². The summed E-state index contributed by atoms with van der Waals surface area (Å²) in [4.78, 5) is 20.0. The Balaban J connectivity index is 1.67. The highest BCUT2D eigenvalue weighted by molar-refractivity contribution is 6.32. The van der Waals surface area contributed by atoms with Crippen LogP contribution in [-0.2, 0) is 24.1 Å². The summed E-state index contributed by atoms with van der Waals surface area (Å²) in [7, 11) is 0. The molecule has 0 saturated heterocycles. The molecule has 4 rings (SSSR count). The van der Waals surface area contributed by atoms with Gasteiger partial charge in [0, 0.05) is 11.1 Å². The minimum absolute atomic E-state index is 0.00417. The summed E-state index contributed by atoms with van der Waals surface area (Å²) in [6.45, 7) is 0. The van der Waals surface area contributed by atoms with Gasteiger partial charge in [-0.3, -0.25) is 4.79 Å². The van der Waals surface area contributed by atoms with Crippen LogP contribution in [-0.4, -0.2) is 26.2 Å². The molecule has 0 atom stereocenters. The van der Waals surface area contributed by atoms with Gasteiger partial charge in [0.1, 0.15) is 11.5 Å². The Labute approximate surface area is 166 Å². The molecule has 0 unspecified atom stereocenters. The number of rotatable bonds is 5. The first-order valence-corrected chi connectivity index (χ1v) is 9.24. The number of phenolic OH excluding ortho intramolecular Hbond substituents is 1. The van der Waals surface area contributed by atoms with Crippen LogP contribution in [0.15, 0.2) is 42.5 Å². The van der Waals surface area contributed by atoms with Gasteiger partial charge in [0.2, 0.25) is 5.88 Å². The summed E-state index contributed by atoms with van der Waals surface area (Å²) in [6, 6.07) is 11.8. The zero-order valence-corrected chi connectivity index (χ0v) is 15.6. The van der Waals surface area contributed by atoms with Crippen LogP contribution in [0.5, 0.6) is 17.4 Å². The Morgan fingerprint density at radius 1 is 1.11 bits per heavy atom. The summed E-state index contributed by atoms with van der Waals surface area (Å²) in [5, 5.41) is 18.8. The highest BCUT2D eigenvalue weighted by Crippen LogP contribution is 2.35. The lowest BCUT2D eigenvalue weighted by molar-refractivity contribution is -0.136. The Morgan fingerprint density at radius 3 is 2.61 bits per heavy atom. The minimum Gasteiger partial charge on any atom is -0.506 e. The van der Waals surface area contributed by atoms with E-state index < -0.39 is 5.97 Å². The molecule has 0 aliphatic heterocycles. The molecular formula is C21H17ClN2O4. The van der Waals surface area contributed by atoms with Crippen LogP contribution in [0.2, 0.25) is 5.02 Å². The van der Waals surface area contributed by atoms with Crippen LogP contribution < -0.4 is 4.74 Å². The van der Waals surface area contributed by atoms with Gasteiger partial charge in [-0.25, -0.2) is 4.98 Å². The van der Waals surface area contributed by atoms with Crippen LogP contribution >= 0.6 is 11.6 Å². The largest absolute Gasteiger partial charge is 0.506 e. The third-order valence-corrected chi connectivity index (χ3v) is 4.90. The molecule has 28 heavy (non-hydrogen) atoms. The van der Waals surface area contributed by atoms with Gasteiger partial charge in [0.15, 0.2) is 5.82 Å². The van der Waals surface area contributed by atoms with Gasteiger partial charge in [-0.05, 0) is 55.2 Å². The number of hydrogen-bond donors (Lipinski definition) is 2. The molecule has 1 heterocycles. The van der Waals surface area contributed by atoms with Crippen LogP contribution in [0, 0.1) is 0 Å². The van der Waals surface area contributed by atoms with Crippen molar-refractivity contribution in [1.82, 2.24) is 9.97 Å². The summed E-state index contributed by atoms with van der Waals surface area (Å²) >= 11 is 6.02. The number of aromatic nitrogens is 2. The Kier molecular flexibility index (Phi) is 4.88. The van der Waals surface area contributed by atoms with Crippen molar-refractivity contribution in [2.45, 2.75) is 25.7 Å². The van der Waals surface area contributed by atoms with Gasteiger partial charge in [-0.15, -0.1) is 0 Å². The quantitative estimate of drug-likeness (QED) is 0.663. The summed E-state index contributed by atoms with van der Waals surface area (Å²) in [5.74, 6) is 0.688. The van der Waals surface area contributed by atoms with Crippen molar-refractivity contribution < 1.29 is 19.7 Å². The Hall–Kier alpha value is -3.12. The molecule has 142 valence electrons. The predicted molar refractivity (Wildman–Crippen MR) is 104 cm³/mol. The van der Waals surface area contributed by atoms with E-state index in [2.05, 4.69) is 9.97 Å². The third-order valence-electron chi connectivity index (χ3n) is 4.59. The van der Waals surface area contributed by atoms with Crippen molar-refractivity contribution in [1.29, 1.82) is 0 Å². The number of aryl methyl sites for hydroxylation is 1. The molecule has 6 nitrogen and oxygen atoms in total. The van der Waals surface area contributed by atoms with Crippen molar-refractivity contribution in [2.24, 2.45) is 0 Å². The van der Waals surface area contributed by atoms with Crippen LogP contribution in [0.4, 0.5) is 0 Å². The van der Waals surface area contributed by atoms with E-state index in [4.69, 9.17) is 21.4 Å². The summed E-state index contributed by atoms with van der Waals surface area (Å²) < 4.78 is 6.02. The first-order valence-electron chi connectivity index (χ1n) is 8.87. The van der Waals surface area contributed by atoms with Gasteiger partial charge < -0.3 is 14.9 Å².